The van der Waals surface area contributed by atoms with Gasteiger partial charge in [-0.2, -0.15) is 5.26 Å². The van der Waals surface area contributed by atoms with E-state index < -0.39 is 0 Å². The number of hydrogen-bond acceptors (Lipinski definition) is 5. The summed E-state index contributed by atoms with van der Waals surface area (Å²) in [6.45, 7) is 4.46. The van der Waals surface area contributed by atoms with E-state index in [4.69, 9.17) is 0 Å². The van der Waals surface area contributed by atoms with E-state index in [9.17, 15) is 15.2 Å². The van der Waals surface area contributed by atoms with Crippen LogP contribution >= 0.6 is 0 Å². The Hall–Kier alpha value is -3.14. The van der Waals surface area contributed by atoms with Gasteiger partial charge in [-0.25, -0.2) is 0 Å². The summed E-state index contributed by atoms with van der Waals surface area (Å²) in [4.78, 5) is 17.0. The second-order valence-electron chi connectivity index (χ2n) is 7.68. The number of hydrogen-bond donors (Lipinski definition) is 2. The lowest BCUT2D eigenvalue weighted by Crippen LogP contribution is -2.50. The number of aliphatic hydroxyl groups excluding tert-OH is 1. The number of carbonyl (C=O) groups excluding carboxylic acids is 1. The Morgan fingerprint density at radius 3 is 2.06 bits per heavy atom. The lowest BCUT2D eigenvalue weighted by molar-refractivity contribution is -0.128. The summed E-state index contributed by atoms with van der Waals surface area (Å²) in [6.07, 6.45) is 2.15. The van der Waals surface area contributed by atoms with Gasteiger partial charge in [-0.15, -0.1) is 0 Å². The van der Waals surface area contributed by atoms with Crippen molar-refractivity contribution in [1.82, 2.24) is 15.1 Å². The van der Waals surface area contributed by atoms with Crippen LogP contribution in [0, 0.1) is 11.3 Å². The number of piperazine rings is 1. The van der Waals surface area contributed by atoms with Gasteiger partial charge < -0.3 is 15.3 Å². The van der Waals surface area contributed by atoms with E-state index in [1.807, 2.05) is 25.1 Å². The Kier molecular flexibility index (Phi) is 8.22. The number of carbonyl (C=O) groups is 1. The highest BCUT2D eigenvalue weighted by atomic mass is 16.3. The molecular weight excluding hydrogens is 388 g/mol. The van der Waals surface area contributed by atoms with Crippen molar-refractivity contribution in [3.63, 3.8) is 0 Å². The minimum Gasteiger partial charge on any atom is -0.394 e. The fraction of sp³-hybridized carbons (Fsp3) is 0.360. The van der Waals surface area contributed by atoms with Crippen LogP contribution in [0.3, 0.4) is 0 Å². The molecule has 1 unspecified atom stereocenters. The number of aliphatic hydroxyl groups is 1. The first-order valence-corrected chi connectivity index (χ1v) is 10.8. The summed E-state index contributed by atoms with van der Waals surface area (Å²) < 4.78 is 0. The third-order valence-electron chi connectivity index (χ3n) is 5.72. The van der Waals surface area contributed by atoms with E-state index in [-0.39, 0.29) is 30.2 Å². The zero-order chi connectivity index (χ0) is 22.1. The normalized spacial score (nSPS) is 16.1. The molecule has 3 rings (SSSR count). The maximum Gasteiger partial charge on any atom is 0.266 e. The Morgan fingerprint density at radius 1 is 1.06 bits per heavy atom. The highest BCUT2D eigenvalue weighted by molar-refractivity contribution is 5.97. The minimum atomic E-state index is -0.265. The molecule has 6 nitrogen and oxygen atoms in total. The van der Waals surface area contributed by atoms with Gasteiger partial charge in [0.1, 0.15) is 11.6 Å². The molecule has 1 heterocycles. The van der Waals surface area contributed by atoms with Crippen LogP contribution in [0.2, 0.25) is 0 Å². The smallest absolute Gasteiger partial charge is 0.266 e. The highest BCUT2D eigenvalue weighted by Gasteiger charge is 2.29. The molecule has 0 aliphatic carbocycles. The topological polar surface area (TPSA) is 79.6 Å². The largest absolute Gasteiger partial charge is 0.394 e. The predicted molar refractivity (Wildman–Crippen MR) is 121 cm³/mol. The number of amides is 1. The highest BCUT2D eigenvalue weighted by Crippen LogP contribution is 2.29. The first kappa shape index (κ1) is 22.5. The fourth-order valence-electron chi connectivity index (χ4n) is 3.88. The van der Waals surface area contributed by atoms with Gasteiger partial charge in [0.25, 0.3) is 5.91 Å². The van der Waals surface area contributed by atoms with Gasteiger partial charge in [0, 0.05) is 38.4 Å². The van der Waals surface area contributed by atoms with Gasteiger partial charge in [-0.3, -0.25) is 9.69 Å². The molecule has 0 saturated carbocycles. The zero-order valence-corrected chi connectivity index (χ0v) is 17.9. The van der Waals surface area contributed by atoms with Crippen molar-refractivity contribution < 1.29 is 9.90 Å². The van der Waals surface area contributed by atoms with Crippen molar-refractivity contribution in [3.05, 3.63) is 83.6 Å². The van der Waals surface area contributed by atoms with E-state index >= 15 is 0 Å². The van der Waals surface area contributed by atoms with Crippen molar-refractivity contribution in [3.8, 4) is 6.07 Å². The minimum absolute atomic E-state index is 0.0427. The van der Waals surface area contributed by atoms with Gasteiger partial charge in [0.15, 0.2) is 0 Å². The van der Waals surface area contributed by atoms with E-state index in [0.717, 1.165) is 13.1 Å². The Labute approximate surface area is 184 Å². The SMILES string of the molecule is CCC(CO)N/C=C(/C#N)C(=O)N1CCN(C(c2ccccc2)c2ccccc2)CC1. The Bertz CT molecular complexity index is 857. The first-order chi connectivity index (χ1) is 15.2. The molecular formula is C25H30N4O2. The summed E-state index contributed by atoms with van der Waals surface area (Å²) in [6, 6.07) is 22.8. The molecule has 1 fully saturated rings. The summed E-state index contributed by atoms with van der Waals surface area (Å²) >= 11 is 0. The monoisotopic (exact) mass is 418 g/mol. The molecule has 2 N–H and O–H groups in total. The van der Waals surface area contributed by atoms with E-state index in [0.29, 0.717) is 19.5 Å². The summed E-state index contributed by atoms with van der Waals surface area (Å²) in [5, 5.41) is 21.7. The predicted octanol–water partition coefficient (Wildman–Crippen LogP) is 2.69. The third-order valence-corrected chi connectivity index (χ3v) is 5.72. The number of nitriles is 1. The molecule has 6 heteroatoms. The second-order valence-corrected chi connectivity index (χ2v) is 7.68. The Balaban J connectivity index is 1.70. The van der Waals surface area contributed by atoms with Crippen molar-refractivity contribution in [1.29, 1.82) is 5.26 Å². The average Bonchev–Trinajstić information content (AvgIpc) is 2.84. The van der Waals surface area contributed by atoms with Crippen LogP contribution in [-0.2, 0) is 4.79 Å². The molecule has 1 amide bonds. The molecule has 0 aromatic heterocycles. The van der Waals surface area contributed by atoms with Crippen molar-refractivity contribution in [2.75, 3.05) is 32.8 Å². The van der Waals surface area contributed by atoms with Crippen LogP contribution in [0.5, 0.6) is 0 Å². The number of nitrogens with zero attached hydrogens (tertiary/aromatic N) is 3. The Morgan fingerprint density at radius 2 is 1.61 bits per heavy atom. The van der Waals surface area contributed by atoms with E-state index in [2.05, 4.69) is 58.7 Å². The molecule has 0 bridgehead atoms. The van der Waals surface area contributed by atoms with Crippen LogP contribution in [-0.4, -0.2) is 59.6 Å². The van der Waals surface area contributed by atoms with Crippen molar-refractivity contribution >= 4 is 5.91 Å². The summed E-state index contributed by atoms with van der Waals surface area (Å²) in [7, 11) is 0. The maximum absolute atomic E-state index is 12.8. The number of benzene rings is 2. The molecule has 2 aromatic rings. The number of rotatable bonds is 8. The molecule has 31 heavy (non-hydrogen) atoms. The number of nitrogens with one attached hydrogen (secondary N) is 1. The molecule has 1 aliphatic heterocycles. The quantitative estimate of drug-likeness (QED) is 0.509. The van der Waals surface area contributed by atoms with Gasteiger partial charge in [0.2, 0.25) is 0 Å². The van der Waals surface area contributed by atoms with Crippen LogP contribution in [0.4, 0.5) is 0 Å². The summed E-state index contributed by atoms with van der Waals surface area (Å²) in [5.41, 5.74) is 2.53. The van der Waals surface area contributed by atoms with Gasteiger partial charge in [-0.05, 0) is 17.5 Å². The molecule has 0 spiro atoms. The van der Waals surface area contributed by atoms with Crippen LogP contribution in [0.15, 0.2) is 72.4 Å². The fourth-order valence-corrected chi connectivity index (χ4v) is 3.88. The van der Waals surface area contributed by atoms with E-state index in [1.54, 1.807) is 4.90 Å². The molecule has 1 atom stereocenters. The average molecular weight is 419 g/mol. The second kappa shape index (κ2) is 11.3. The van der Waals surface area contributed by atoms with Gasteiger partial charge in [-0.1, -0.05) is 67.6 Å². The van der Waals surface area contributed by atoms with E-state index in [1.165, 1.54) is 17.3 Å². The van der Waals surface area contributed by atoms with Crippen LogP contribution in [0.1, 0.15) is 30.5 Å². The molecule has 0 radical (unpaired) electrons. The van der Waals surface area contributed by atoms with Crippen molar-refractivity contribution in [2.24, 2.45) is 0 Å². The zero-order valence-electron chi connectivity index (χ0n) is 17.9. The van der Waals surface area contributed by atoms with Gasteiger partial charge in [0.05, 0.1) is 12.6 Å². The molecule has 2 aromatic carbocycles. The standard InChI is InChI=1S/C25H30N4O2/c1-2-23(19-30)27-18-22(17-26)25(31)29-15-13-28(14-16-29)24(20-9-5-3-6-10-20)21-11-7-4-8-12-21/h3-12,18,23-24,27,30H,2,13-16,19H2,1H3/b22-18-. The molecule has 162 valence electrons. The van der Waals surface area contributed by atoms with Crippen molar-refractivity contribution in [2.45, 2.75) is 25.4 Å². The summed E-state index contributed by atoms with van der Waals surface area (Å²) in [5.74, 6) is -0.265. The first-order valence-electron chi connectivity index (χ1n) is 10.8. The maximum atomic E-state index is 12.8. The van der Waals surface area contributed by atoms with Gasteiger partial charge >= 0.3 is 0 Å². The lowest BCUT2D eigenvalue weighted by Gasteiger charge is -2.39. The third kappa shape index (κ3) is 5.72. The van der Waals surface area contributed by atoms with Crippen LogP contribution in [0.25, 0.3) is 0 Å². The molecule has 1 saturated heterocycles. The lowest BCUT2D eigenvalue weighted by atomic mass is 9.96. The molecule has 1 aliphatic rings. The van der Waals surface area contributed by atoms with Crippen LogP contribution < -0.4 is 5.32 Å².